The summed E-state index contributed by atoms with van der Waals surface area (Å²) < 4.78 is 0. The third-order valence-electron chi connectivity index (χ3n) is 1.22. The molecule has 0 bridgehead atoms. The Morgan fingerprint density at radius 3 is 3.00 bits per heavy atom. The highest BCUT2D eigenvalue weighted by Gasteiger charge is 2.03. The van der Waals surface area contributed by atoms with E-state index < -0.39 is 0 Å². The van der Waals surface area contributed by atoms with E-state index in [0.717, 1.165) is 11.3 Å². The zero-order valence-electron chi connectivity index (χ0n) is 5.93. The molecule has 0 N–H and O–H groups in total. The van der Waals surface area contributed by atoms with Crippen LogP contribution < -0.4 is 0 Å². The van der Waals surface area contributed by atoms with E-state index in [1.54, 1.807) is 6.07 Å². The summed E-state index contributed by atoms with van der Waals surface area (Å²) in [6, 6.07) is 1.68. The Labute approximate surface area is 73.5 Å². The van der Waals surface area contributed by atoms with Gasteiger partial charge in [0.15, 0.2) is 0 Å². The van der Waals surface area contributed by atoms with E-state index in [1.165, 1.54) is 17.4 Å². The molecule has 0 aromatic carbocycles. The summed E-state index contributed by atoms with van der Waals surface area (Å²) in [7, 11) is 0. The lowest BCUT2D eigenvalue weighted by atomic mass is 10.4. The molecule has 4 heteroatoms. The number of thiophene rings is 1. The lowest BCUT2D eigenvalue weighted by molar-refractivity contribution is 0.565. The SMILES string of the molecule is CCc1sc(N=C=O)cc1Cl. The number of halogens is 1. The molecular weight excluding hydrogens is 182 g/mol. The Bertz CT molecular complexity index is 301. The van der Waals surface area contributed by atoms with Crippen molar-refractivity contribution in [1.29, 1.82) is 0 Å². The van der Waals surface area contributed by atoms with Gasteiger partial charge in [-0.05, 0) is 12.5 Å². The average Bonchev–Trinajstić information content (AvgIpc) is 2.32. The van der Waals surface area contributed by atoms with Gasteiger partial charge >= 0.3 is 0 Å². The standard InChI is InChI=1S/C7H6ClNOS/c1-2-6-5(8)3-7(11-6)9-4-10/h3H,2H2,1H3. The second-order valence-electron chi connectivity index (χ2n) is 1.91. The van der Waals surface area contributed by atoms with Crippen LogP contribution in [0, 0.1) is 0 Å². The molecule has 2 nitrogen and oxygen atoms in total. The maximum atomic E-state index is 9.86. The van der Waals surface area contributed by atoms with Gasteiger partial charge in [0.2, 0.25) is 6.08 Å². The van der Waals surface area contributed by atoms with Crippen molar-refractivity contribution < 1.29 is 4.79 Å². The number of rotatable bonds is 2. The number of nitrogens with zero attached hydrogens (tertiary/aromatic N) is 1. The van der Waals surface area contributed by atoms with Crippen molar-refractivity contribution in [1.82, 2.24) is 0 Å². The quantitative estimate of drug-likeness (QED) is 0.517. The average molecular weight is 188 g/mol. The summed E-state index contributed by atoms with van der Waals surface area (Å²) in [5.41, 5.74) is 0. The Morgan fingerprint density at radius 1 is 1.82 bits per heavy atom. The second-order valence-corrected chi connectivity index (χ2v) is 3.43. The number of carbonyl (C=O) groups excluding carboxylic acids is 1. The van der Waals surface area contributed by atoms with Crippen LogP contribution in [-0.2, 0) is 11.2 Å². The van der Waals surface area contributed by atoms with E-state index >= 15 is 0 Å². The van der Waals surface area contributed by atoms with Crippen molar-refractivity contribution in [2.24, 2.45) is 4.99 Å². The van der Waals surface area contributed by atoms with Crippen LogP contribution in [0.4, 0.5) is 5.00 Å². The molecule has 0 spiro atoms. The number of hydrogen-bond donors (Lipinski definition) is 0. The summed E-state index contributed by atoms with van der Waals surface area (Å²) in [6.07, 6.45) is 2.35. The van der Waals surface area contributed by atoms with Gasteiger partial charge in [-0.1, -0.05) is 18.5 Å². The van der Waals surface area contributed by atoms with Gasteiger partial charge in [-0.2, -0.15) is 4.99 Å². The molecule has 0 aliphatic heterocycles. The fraction of sp³-hybridized carbons (Fsp3) is 0.286. The third kappa shape index (κ3) is 1.90. The van der Waals surface area contributed by atoms with Gasteiger partial charge in [-0.15, -0.1) is 11.3 Å². The van der Waals surface area contributed by atoms with Crippen molar-refractivity contribution in [3.8, 4) is 0 Å². The summed E-state index contributed by atoms with van der Waals surface area (Å²) in [5, 5.41) is 1.31. The van der Waals surface area contributed by atoms with Gasteiger partial charge in [0.05, 0.1) is 5.02 Å². The maximum Gasteiger partial charge on any atom is 0.241 e. The Kier molecular flexibility index (Phi) is 2.83. The Hall–Kier alpha value is -0.630. The summed E-state index contributed by atoms with van der Waals surface area (Å²) in [5.74, 6) is 0. The first-order chi connectivity index (χ1) is 5.27. The highest BCUT2D eigenvalue weighted by Crippen LogP contribution is 2.32. The molecule has 0 saturated carbocycles. The number of aliphatic imine (C=N–C) groups is 1. The van der Waals surface area contributed by atoms with Crippen molar-refractivity contribution in [2.45, 2.75) is 13.3 Å². The molecule has 58 valence electrons. The normalized spacial score (nSPS) is 9.27. The van der Waals surface area contributed by atoms with Gasteiger partial charge < -0.3 is 0 Å². The van der Waals surface area contributed by atoms with Crippen LogP contribution in [0.2, 0.25) is 5.02 Å². The Morgan fingerprint density at radius 2 is 2.55 bits per heavy atom. The number of aryl methyl sites for hydroxylation is 1. The third-order valence-corrected chi connectivity index (χ3v) is 2.84. The molecule has 0 radical (unpaired) electrons. The minimum absolute atomic E-state index is 0.627. The lowest BCUT2D eigenvalue weighted by Crippen LogP contribution is -1.67. The first-order valence-electron chi connectivity index (χ1n) is 3.14. The molecule has 0 aliphatic rings. The van der Waals surface area contributed by atoms with Crippen LogP contribution in [0.25, 0.3) is 0 Å². The molecule has 0 saturated heterocycles. The molecule has 0 unspecified atom stereocenters. The molecule has 0 amide bonds. The van der Waals surface area contributed by atoms with E-state index in [9.17, 15) is 4.79 Å². The van der Waals surface area contributed by atoms with Crippen molar-refractivity contribution in [3.63, 3.8) is 0 Å². The topological polar surface area (TPSA) is 29.4 Å². The first-order valence-corrected chi connectivity index (χ1v) is 4.33. The number of hydrogen-bond acceptors (Lipinski definition) is 3. The fourth-order valence-corrected chi connectivity index (χ4v) is 1.96. The van der Waals surface area contributed by atoms with Crippen molar-refractivity contribution in [3.05, 3.63) is 16.0 Å². The largest absolute Gasteiger partial charge is 0.241 e. The van der Waals surface area contributed by atoms with Gasteiger partial charge in [-0.25, -0.2) is 4.79 Å². The van der Waals surface area contributed by atoms with Crippen LogP contribution in [0.15, 0.2) is 11.1 Å². The predicted molar refractivity (Wildman–Crippen MR) is 46.5 cm³/mol. The molecule has 0 aliphatic carbocycles. The lowest BCUT2D eigenvalue weighted by Gasteiger charge is -1.85. The van der Waals surface area contributed by atoms with Gasteiger partial charge in [0.25, 0.3) is 0 Å². The molecule has 1 heterocycles. The van der Waals surface area contributed by atoms with Gasteiger partial charge in [0.1, 0.15) is 5.00 Å². The number of isocyanates is 1. The minimum atomic E-state index is 0.627. The van der Waals surface area contributed by atoms with Gasteiger partial charge in [-0.3, -0.25) is 0 Å². The van der Waals surface area contributed by atoms with Crippen LogP contribution in [0.5, 0.6) is 0 Å². The van der Waals surface area contributed by atoms with E-state index in [4.69, 9.17) is 11.6 Å². The van der Waals surface area contributed by atoms with Crippen molar-refractivity contribution >= 4 is 34.0 Å². The van der Waals surface area contributed by atoms with Crippen LogP contribution >= 0.6 is 22.9 Å². The van der Waals surface area contributed by atoms with Crippen LogP contribution in [0.3, 0.4) is 0 Å². The minimum Gasteiger partial charge on any atom is -0.211 e. The van der Waals surface area contributed by atoms with E-state index in [2.05, 4.69) is 4.99 Å². The Balaban J connectivity index is 3.04. The molecule has 1 aromatic heterocycles. The van der Waals surface area contributed by atoms with Crippen LogP contribution in [-0.4, -0.2) is 6.08 Å². The zero-order chi connectivity index (χ0) is 8.27. The van der Waals surface area contributed by atoms with Crippen molar-refractivity contribution in [2.75, 3.05) is 0 Å². The molecule has 0 fully saturated rings. The van der Waals surface area contributed by atoms with Gasteiger partial charge in [0, 0.05) is 4.88 Å². The predicted octanol–water partition coefficient (Wildman–Crippen LogP) is 2.93. The maximum absolute atomic E-state index is 9.86. The monoisotopic (exact) mass is 187 g/mol. The summed E-state index contributed by atoms with van der Waals surface area (Å²) >= 11 is 7.22. The fourth-order valence-electron chi connectivity index (χ4n) is 0.734. The molecule has 1 aromatic rings. The zero-order valence-corrected chi connectivity index (χ0v) is 7.50. The molecular formula is C7H6ClNOS. The first kappa shape index (κ1) is 8.47. The van der Waals surface area contributed by atoms with Crippen LogP contribution in [0.1, 0.15) is 11.8 Å². The highest BCUT2D eigenvalue weighted by atomic mass is 35.5. The smallest absolute Gasteiger partial charge is 0.211 e. The van der Waals surface area contributed by atoms with E-state index in [1.807, 2.05) is 6.92 Å². The van der Waals surface area contributed by atoms with E-state index in [0.29, 0.717) is 10.0 Å². The molecule has 11 heavy (non-hydrogen) atoms. The molecule has 1 rings (SSSR count). The highest BCUT2D eigenvalue weighted by molar-refractivity contribution is 7.16. The summed E-state index contributed by atoms with van der Waals surface area (Å²) in [4.78, 5) is 14.4. The summed E-state index contributed by atoms with van der Waals surface area (Å²) in [6.45, 7) is 2.01. The second kappa shape index (κ2) is 3.67. The van der Waals surface area contributed by atoms with E-state index in [-0.39, 0.29) is 0 Å². The molecule has 0 atom stereocenters.